The van der Waals surface area contributed by atoms with E-state index in [4.69, 9.17) is 0 Å². The lowest BCUT2D eigenvalue weighted by Crippen LogP contribution is -2.52. The molecule has 8 heteroatoms. The number of piperazine rings is 2. The predicted octanol–water partition coefficient (Wildman–Crippen LogP) is -0.189. The van der Waals surface area contributed by atoms with Crippen LogP contribution >= 0.6 is 0 Å². The fourth-order valence-electron chi connectivity index (χ4n) is 3.35. The molecule has 2 aliphatic heterocycles. The summed E-state index contributed by atoms with van der Waals surface area (Å²) in [6, 6.07) is 5.79. The van der Waals surface area contributed by atoms with E-state index in [0.29, 0.717) is 52.4 Å². The molecule has 0 aromatic carbocycles. The minimum absolute atomic E-state index is 0.0268. The van der Waals surface area contributed by atoms with Gasteiger partial charge in [-0.05, 0) is 12.1 Å². The van der Waals surface area contributed by atoms with Crippen molar-refractivity contribution >= 4 is 23.5 Å². The monoisotopic (exact) mass is 359 g/mol. The van der Waals surface area contributed by atoms with Gasteiger partial charge in [0.2, 0.25) is 17.7 Å². The molecule has 0 bridgehead atoms. The zero-order valence-corrected chi connectivity index (χ0v) is 15.1. The summed E-state index contributed by atoms with van der Waals surface area (Å²) >= 11 is 0. The largest absolute Gasteiger partial charge is 0.353 e. The second-order valence-corrected chi connectivity index (χ2v) is 6.62. The average Bonchev–Trinajstić information content (AvgIpc) is 2.68. The van der Waals surface area contributed by atoms with Crippen LogP contribution in [0.4, 0.5) is 5.82 Å². The molecule has 2 saturated heterocycles. The molecule has 26 heavy (non-hydrogen) atoms. The second-order valence-electron chi connectivity index (χ2n) is 6.62. The Kier molecular flexibility index (Phi) is 5.70. The normalized spacial score (nSPS) is 18.0. The fraction of sp³-hybridized carbons (Fsp3) is 0.556. The van der Waals surface area contributed by atoms with Crippen LogP contribution in [0.1, 0.15) is 13.3 Å². The highest BCUT2D eigenvalue weighted by Crippen LogP contribution is 2.13. The van der Waals surface area contributed by atoms with Gasteiger partial charge in [0.1, 0.15) is 12.2 Å². The Labute approximate surface area is 153 Å². The van der Waals surface area contributed by atoms with Crippen LogP contribution in [0.15, 0.2) is 24.4 Å². The molecule has 0 unspecified atom stereocenters. The van der Waals surface area contributed by atoms with Gasteiger partial charge in [-0.1, -0.05) is 6.07 Å². The Morgan fingerprint density at radius 3 is 1.88 bits per heavy atom. The summed E-state index contributed by atoms with van der Waals surface area (Å²) in [5, 5.41) is 0. The first-order valence-corrected chi connectivity index (χ1v) is 9.01. The third-order valence-electron chi connectivity index (χ3n) is 4.99. The van der Waals surface area contributed by atoms with Crippen molar-refractivity contribution in [3.05, 3.63) is 24.4 Å². The molecule has 0 aliphatic carbocycles. The Morgan fingerprint density at radius 2 is 1.38 bits per heavy atom. The van der Waals surface area contributed by atoms with Gasteiger partial charge in [0.15, 0.2) is 0 Å². The number of nitrogens with zero attached hydrogens (tertiary/aromatic N) is 5. The third-order valence-corrected chi connectivity index (χ3v) is 4.99. The van der Waals surface area contributed by atoms with Crippen molar-refractivity contribution in [3.63, 3.8) is 0 Å². The third kappa shape index (κ3) is 4.30. The van der Waals surface area contributed by atoms with Gasteiger partial charge < -0.3 is 19.6 Å². The van der Waals surface area contributed by atoms with E-state index in [9.17, 15) is 14.4 Å². The first kappa shape index (κ1) is 18.2. The quantitative estimate of drug-likeness (QED) is 0.699. The Hall–Kier alpha value is -2.64. The van der Waals surface area contributed by atoms with Crippen molar-refractivity contribution in [1.29, 1.82) is 0 Å². The van der Waals surface area contributed by atoms with Gasteiger partial charge in [-0.2, -0.15) is 0 Å². The molecule has 1 aromatic rings. The van der Waals surface area contributed by atoms with Crippen LogP contribution in [0.25, 0.3) is 0 Å². The molecule has 2 fully saturated rings. The summed E-state index contributed by atoms with van der Waals surface area (Å²) in [7, 11) is 0. The molecule has 3 amide bonds. The van der Waals surface area contributed by atoms with Gasteiger partial charge in [0.25, 0.3) is 0 Å². The summed E-state index contributed by atoms with van der Waals surface area (Å²) in [6.07, 6.45) is 1.67. The van der Waals surface area contributed by atoms with Crippen LogP contribution < -0.4 is 4.90 Å². The molecule has 140 valence electrons. The summed E-state index contributed by atoms with van der Waals surface area (Å²) < 4.78 is 0. The SMILES string of the molecule is CC(=O)N1CCN(C(=O)CC(=O)N2CCN(c3ccccn3)CC2)CC1. The Balaban J connectivity index is 1.44. The maximum atomic E-state index is 12.4. The molecule has 0 N–H and O–H groups in total. The van der Waals surface area contributed by atoms with Crippen LogP contribution in [0, 0.1) is 0 Å². The molecule has 1 aromatic heterocycles. The zero-order valence-electron chi connectivity index (χ0n) is 15.1. The Bertz CT molecular complexity index is 650. The highest BCUT2D eigenvalue weighted by atomic mass is 16.2. The molecule has 2 aliphatic rings. The van der Waals surface area contributed by atoms with Crippen molar-refractivity contribution < 1.29 is 14.4 Å². The molecular weight excluding hydrogens is 334 g/mol. The van der Waals surface area contributed by atoms with Crippen molar-refractivity contribution in [2.45, 2.75) is 13.3 Å². The summed E-state index contributed by atoms with van der Waals surface area (Å²) in [5.41, 5.74) is 0. The van der Waals surface area contributed by atoms with Crippen LogP contribution in [0.3, 0.4) is 0 Å². The highest BCUT2D eigenvalue weighted by Gasteiger charge is 2.27. The summed E-state index contributed by atoms with van der Waals surface area (Å²) in [5.74, 6) is 0.674. The second kappa shape index (κ2) is 8.16. The molecule has 0 saturated carbocycles. The summed E-state index contributed by atoms with van der Waals surface area (Å²) in [6.45, 7) is 6.24. The van der Waals surface area contributed by atoms with Gasteiger partial charge in [0, 0.05) is 65.5 Å². The van der Waals surface area contributed by atoms with E-state index < -0.39 is 0 Å². The van der Waals surface area contributed by atoms with E-state index in [2.05, 4.69) is 9.88 Å². The van der Waals surface area contributed by atoms with E-state index in [1.807, 2.05) is 18.2 Å². The maximum Gasteiger partial charge on any atom is 0.232 e. The zero-order chi connectivity index (χ0) is 18.5. The molecule has 3 rings (SSSR count). The topological polar surface area (TPSA) is 77.1 Å². The maximum absolute atomic E-state index is 12.4. The van der Waals surface area contributed by atoms with Gasteiger partial charge in [-0.3, -0.25) is 14.4 Å². The van der Waals surface area contributed by atoms with Crippen LogP contribution in [-0.4, -0.2) is 89.8 Å². The average molecular weight is 359 g/mol. The summed E-state index contributed by atoms with van der Waals surface area (Å²) in [4.78, 5) is 47.8. The number of rotatable bonds is 3. The van der Waals surface area contributed by atoms with Crippen molar-refractivity contribution in [1.82, 2.24) is 19.7 Å². The number of aromatic nitrogens is 1. The first-order chi connectivity index (χ1) is 12.5. The number of anilines is 1. The molecule has 8 nitrogen and oxygen atoms in total. The van der Waals surface area contributed by atoms with E-state index >= 15 is 0 Å². The predicted molar refractivity (Wildman–Crippen MR) is 96.5 cm³/mol. The van der Waals surface area contributed by atoms with E-state index in [1.54, 1.807) is 20.9 Å². The van der Waals surface area contributed by atoms with Crippen molar-refractivity contribution in [2.24, 2.45) is 0 Å². The number of carbonyl (C=O) groups is 3. The molecule has 0 radical (unpaired) electrons. The van der Waals surface area contributed by atoms with Gasteiger partial charge in [0.05, 0.1) is 0 Å². The smallest absolute Gasteiger partial charge is 0.232 e. The highest BCUT2D eigenvalue weighted by molar-refractivity contribution is 5.97. The fourth-order valence-corrected chi connectivity index (χ4v) is 3.35. The van der Waals surface area contributed by atoms with Gasteiger partial charge in [-0.15, -0.1) is 0 Å². The van der Waals surface area contributed by atoms with E-state index in [-0.39, 0.29) is 24.1 Å². The van der Waals surface area contributed by atoms with Crippen molar-refractivity contribution in [2.75, 3.05) is 57.3 Å². The lowest BCUT2D eigenvalue weighted by molar-refractivity contribution is -0.144. The minimum atomic E-state index is -0.148. The standard InChI is InChI=1S/C18H25N5O3/c1-15(24)20-6-10-22(11-7-20)17(25)14-18(26)23-12-8-21(9-13-23)16-4-2-3-5-19-16/h2-5H,6-14H2,1H3. The molecule has 0 atom stereocenters. The number of carbonyl (C=O) groups excluding carboxylic acids is 3. The Morgan fingerprint density at radius 1 is 0.846 bits per heavy atom. The van der Waals surface area contributed by atoms with Crippen molar-refractivity contribution in [3.8, 4) is 0 Å². The van der Waals surface area contributed by atoms with Gasteiger partial charge in [-0.25, -0.2) is 4.98 Å². The first-order valence-electron chi connectivity index (χ1n) is 9.01. The van der Waals surface area contributed by atoms with E-state index in [1.165, 1.54) is 6.92 Å². The number of hydrogen-bond acceptors (Lipinski definition) is 5. The van der Waals surface area contributed by atoms with Gasteiger partial charge >= 0.3 is 0 Å². The molecule has 0 spiro atoms. The lowest BCUT2D eigenvalue weighted by Gasteiger charge is -2.36. The van der Waals surface area contributed by atoms with Crippen LogP contribution in [-0.2, 0) is 14.4 Å². The van der Waals surface area contributed by atoms with E-state index in [0.717, 1.165) is 5.82 Å². The lowest BCUT2D eigenvalue weighted by atomic mass is 10.2. The number of pyridine rings is 1. The number of amides is 3. The number of hydrogen-bond donors (Lipinski definition) is 0. The van der Waals surface area contributed by atoms with Crippen LogP contribution in [0.2, 0.25) is 0 Å². The molecule has 3 heterocycles. The molecular formula is C18H25N5O3. The minimum Gasteiger partial charge on any atom is -0.353 e. The van der Waals surface area contributed by atoms with Crippen LogP contribution in [0.5, 0.6) is 0 Å².